The molecule has 6 aliphatic rings. The van der Waals surface area contributed by atoms with E-state index in [1.807, 2.05) is 0 Å². The first kappa shape index (κ1) is 58.2. The highest BCUT2D eigenvalue weighted by atomic mass is 16.5. The molecule has 466 valence electrons. The Balaban J connectivity index is 0.912. The number of hydrogen-bond donors (Lipinski definition) is 0. The zero-order valence-electron chi connectivity index (χ0n) is 56.1. The molecule has 18 rings (SSSR count). The maximum Gasteiger partial charge on any atom is 0.256 e. The third-order valence-corrected chi connectivity index (χ3v) is 22.5. The van der Waals surface area contributed by atoms with E-state index in [9.17, 15) is 0 Å². The standard InChI is InChI=1S/C88H77B2N5O/c1-85(2)46-48-87(5,6)69-50-63(42-44-67(69)85)94-75-40-26-24-38-71(75)89-73-56-74-81(57-77(73)93(62-36-22-13-23-37-62)78-52-65(53-79(94)83(78)89)91(58-28-14-9-15-29-58)59-30-16-10-17-31-59)96-82-55-66(92(60-32-18-11-19-33-60)61-34-20-12-21-35-61)54-80-84(82)90(74)72-39-25-27-41-76(72)95(80)64-43-45-68-70(51-64)88(7,8)49-47-86(68,3)4/h9-45,50-57H,46-49H2,1-8H3. The smallest absolute Gasteiger partial charge is 0.256 e. The molecule has 4 heterocycles. The highest BCUT2D eigenvalue weighted by Crippen LogP contribution is 2.55. The molecule has 0 bridgehead atoms. The molecule has 12 aromatic carbocycles. The van der Waals surface area contributed by atoms with Crippen molar-refractivity contribution in [2.45, 2.75) is 103 Å². The lowest BCUT2D eigenvalue weighted by Crippen LogP contribution is -2.64. The average Bonchev–Trinajstić information content (AvgIpc) is 0.690. The van der Waals surface area contributed by atoms with Crippen molar-refractivity contribution in [1.29, 1.82) is 0 Å². The summed E-state index contributed by atoms with van der Waals surface area (Å²) in [6.45, 7) is 19.2. The Hall–Kier alpha value is -10.4. The molecule has 0 atom stereocenters. The van der Waals surface area contributed by atoms with Gasteiger partial charge in [0, 0.05) is 86.1 Å². The molecule has 4 aliphatic heterocycles. The fourth-order valence-electron chi connectivity index (χ4n) is 17.4. The summed E-state index contributed by atoms with van der Waals surface area (Å²) in [5.41, 5.74) is 29.8. The van der Waals surface area contributed by atoms with Gasteiger partial charge in [0.15, 0.2) is 0 Å². The SMILES string of the molecule is CC1(C)CCC(C)(C)c2cc(N3c4ccccc4B4c5cc6c(cc5Oc5cc(N(c7ccccc7)c7ccccc7)cc3c54)N(c3ccccc3)c3cc(N(c4ccccc4)c4ccccc4)cc4c3B6c3ccccc3N4c3ccc4c(c3)C(C)(C)CCC4(C)C)ccc21. The normalized spacial score (nSPS) is 16.5. The number of rotatable bonds is 9. The zero-order chi connectivity index (χ0) is 65.0. The van der Waals surface area contributed by atoms with Gasteiger partial charge in [-0.2, -0.15) is 0 Å². The van der Waals surface area contributed by atoms with Gasteiger partial charge in [-0.3, -0.25) is 0 Å². The highest BCUT2D eigenvalue weighted by molar-refractivity contribution is 7.02. The van der Waals surface area contributed by atoms with Crippen LogP contribution in [-0.4, -0.2) is 13.4 Å². The van der Waals surface area contributed by atoms with E-state index in [0.29, 0.717) is 0 Å². The average molecular weight is 1240 g/mol. The van der Waals surface area contributed by atoms with E-state index >= 15 is 0 Å². The number of nitrogens with zero attached hydrogens (tertiary/aromatic N) is 5. The summed E-state index contributed by atoms with van der Waals surface area (Å²) in [6, 6.07) is 102. The van der Waals surface area contributed by atoms with E-state index in [1.54, 1.807) is 0 Å². The summed E-state index contributed by atoms with van der Waals surface area (Å²) in [7, 11) is 0. The quantitative estimate of drug-likeness (QED) is 0.134. The minimum atomic E-state index is -0.183. The Morgan fingerprint density at radius 3 is 1.08 bits per heavy atom. The van der Waals surface area contributed by atoms with Crippen LogP contribution < -0.4 is 62.0 Å². The van der Waals surface area contributed by atoms with Gasteiger partial charge in [-0.15, -0.1) is 0 Å². The highest BCUT2D eigenvalue weighted by Gasteiger charge is 2.49. The maximum atomic E-state index is 7.88. The van der Waals surface area contributed by atoms with Crippen LogP contribution in [0.3, 0.4) is 0 Å². The molecule has 0 saturated heterocycles. The predicted octanol–water partition coefficient (Wildman–Crippen LogP) is 19.8. The summed E-state index contributed by atoms with van der Waals surface area (Å²) in [5, 5.41) is 0. The molecular formula is C88H77B2N5O. The van der Waals surface area contributed by atoms with E-state index in [-0.39, 0.29) is 35.1 Å². The summed E-state index contributed by atoms with van der Waals surface area (Å²) < 4.78 is 7.88. The van der Waals surface area contributed by atoms with E-state index in [2.05, 4.69) is 353 Å². The molecule has 0 unspecified atom stereocenters. The lowest BCUT2D eigenvalue weighted by Gasteiger charge is -2.47. The Labute approximate surface area is 566 Å². The molecule has 6 nitrogen and oxygen atoms in total. The summed E-state index contributed by atoms with van der Waals surface area (Å²) >= 11 is 0. The monoisotopic (exact) mass is 1240 g/mol. The molecule has 0 fully saturated rings. The second-order valence-corrected chi connectivity index (χ2v) is 30.2. The predicted molar refractivity (Wildman–Crippen MR) is 406 cm³/mol. The summed E-state index contributed by atoms with van der Waals surface area (Å²) in [5.74, 6) is 1.70. The molecular weight excluding hydrogens is 1160 g/mol. The van der Waals surface area contributed by atoms with Gasteiger partial charge in [0.1, 0.15) is 11.5 Å². The molecule has 0 aromatic heterocycles. The number of anilines is 15. The van der Waals surface area contributed by atoms with E-state index in [1.165, 1.54) is 66.6 Å². The van der Waals surface area contributed by atoms with Crippen molar-refractivity contribution in [2.24, 2.45) is 0 Å². The van der Waals surface area contributed by atoms with Crippen LogP contribution >= 0.6 is 0 Å². The molecule has 8 heteroatoms. The largest absolute Gasteiger partial charge is 0.458 e. The van der Waals surface area contributed by atoms with Crippen LogP contribution in [0.5, 0.6) is 11.5 Å². The number of fused-ring (bicyclic) bond motifs is 10. The van der Waals surface area contributed by atoms with Gasteiger partial charge in [-0.05, 0) is 218 Å². The Bertz CT molecular complexity index is 5010. The van der Waals surface area contributed by atoms with Crippen molar-refractivity contribution < 1.29 is 4.74 Å². The second-order valence-electron chi connectivity index (χ2n) is 30.2. The molecule has 0 spiro atoms. The van der Waals surface area contributed by atoms with Gasteiger partial charge in [0.25, 0.3) is 13.4 Å². The first-order chi connectivity index (χ1) is 46.6. The molecule has 0 saturated carbocycles. The molecule has 96 heavy (non-hydrogen) atoms. The van der Waals surface area contributed by atoms with Crippen LogP contribution in [0, 0.1) is 0 Å². The van der Waals surface area contributed by atoms with Crippen LogP contribution in [0.1, 0.15) is 103 Å². The van der Waals surface area contributed by atoms with Crippen molar-refractivity contribution in [3.63, 3.8) is 0 Å². The number of para-hydroxylation sites is 7. The van der Waals surface area contributed by atoms with Crippen LogP contribution in [-0.2, 0) is 21.7 Å². The van der Waals surface area contributed by atoms with Gasteiger partial charge in [0.2, 0.25) is 0 Å². The molecule has 12 aromatic rings. The number of ether oxygens (including phenoxy) is 1. The van der Waals surface area contributed by atoms with Gasteiger partial charge >= 0.3 is 0 Å². The van der Waals surface area contributed by atoms with Gasteiger partial charge in [-0.25, -0.2) is 0 Å². The van der Waals surface area contributed by atoms with Crippen molar-refractivity contribution in [3.8, 4) is 11.5 Å². The van der Waals surface area contributed by atoms with Crippen LogP contribution in [0.25, 0.3) is 0 Å². The van der Waals surface area contributed by atoms with Crippen molar-refractivity contribution in [2.75, 3.05) is 24.5 Å². The van der Waals surface area contributed by atoms with E-state index in [0.717, 1.165) is 111 Å². The van der Waals surface area contributed by atoms with E-state index in [4.69, 9.17) is 4.74 Å². The fraction of sp³-hybridized carbons (Fsp3) is 0.182. The first-order valence-corrected chi connectivity index (χ1v) is 34.6. The first-order valence-electron chi connectivity index (χ1n) is 34.6. The Morgan fingerprint density at radius 1 is 0.271 bits per heavy atom. The Morgan fingerprint density at radius 2 is 0.635 bits per heavy atom. The van der Waals surface area contributed by atoms with E-state index < -0.39 is 0 Å². The van der Waals surface area contributed by atoms with Gasteiger partial charge in [-0.1, -0.05) is 201 Å². The minimum Gasteiger partial charge on any atom is -0.458 e. The summed E-state index contributed by atoms with van der Waals surface area (Å²) in [6.07, 6.45) is 4.56. The maximum absolute atomic E-state index is 7.88. The van der Waals surface area contributed by atoms with Crippen molar-refractivity contribution in [3.05, 3.63) is 295 Å². The molecule has 0 amide bonds. The lowest BCUT2D eigenvalue weighted by atomic mass is 9.30. The molecule has 2 aliphatic carbocycles. The molecule has 0 N–H and O–H groups in total. The van der Waals surface area contributed by atoms with Gasteiger partial charge < -0.3 is 29.2 Å². The van der Waals surface area contributed by atoms with Crippen molar-refractivity contribution in [1.82, 2.24) is 0 Å². The lowest BCUT2D eigenvalue weighted by molar-refractivity contribution is 0.332. The third kappa shape index (κ3) is 9.00. The second kappa shape index (κ2) is 21.5. The van der Waals surface area contributed by atoms with Crippen molar-refractivity contribution >= 4 is 132 Å². The minimum absolute atomic E-state index is 0.00117. The Kier molecular flexibility index (Phi) is 13.1. The molecule has 0 radical (unpaired) electrons. The third-order valence-electron chi connectivity index (χ3n) is 22.5. The fourth-order valence-corrected chi connectivity index (χ4v) is 17.4. The number of benzene rings is 12. The van der Waals surface area contributed by atoms with Crippen LogP contribution in [0.4, 0.5) is 85.3 Å². The van der Waals surface area contributed by atoms with Crippen LogP contribution in [0.15, 0.2) is 273 Å². The zero-order valence-corrected chi connectivity index (χ0v) is 56.1. The topological polar surface area (TPSA) is 25.4 Å². The summed E-state index contributed by atoms with van der Waals surface area (Å²) in [4.78, 5) is 12.6. The number of hydrogen-bond acceptors (Lipinski definition) is 6. The van der Waals surface area contributed by atoms with Crippen LogP contribution in [0.2, 0.25) is 0 Å². The van der Waals surface area contributed by atoms with Gasteiger partial charge in [0.05, 0.1) is 11.4 Å².